The fraction of sp³-hybridized carbons (Fsp3) is 0.529. The Hall–Kier alpha value is -1.59. The van der Waals surface area contributed by atoms with Crippen molar-refractivity contribution in [1.82, 2.24) is 4.90 Å². The van der Waals surface area contributed by atoms with Gasteiger partial charge in [-0.25, -0.2) is 0 Å². The number of carbonyl (C=O) groups excluding carboxylic acids is 2. The molecule has 2 saturated heterocycles. The highest BCUT2D eigenvalue weighted by Crippen LogP contribution is 2.28. The standard InChI is InChI=1S/C17H23N3O2.ClH/c1-11-7-12(2)9-14(8-11)20-6-4-15(17(20)22)16(21)19-5-3-13(18)10-19;/h7-9,13,15H,3-6,10,18H2,1-2H3;1H/t13-,15?;/m1./s1. The van der Waals surface area contributed by atoms with Crippen LogP contribution in [0.5, 0.6) is 0 Å². The molecule has 0 saturated carbocycles. The molecular formula is C17H24ClN3O2. The monoisotopic (exact) mass is 337 g/mol. The molecule has 23 heavy (non-hydrogen) atoms. The second kappa shape index (κ2) is 6.89. The molecule has 0 radical (unpaired) electrons. The Labute approximate surface area is 143 Å². The van der Waals surface area contributed by atoms with Crippen LogP contribution >= 0.6 is 12.4 Å². The van der Waals surface area contributed by atoms with E-state index in [1.165, 1.54) is 0 Å². The first-order chi connectivity index (χ1) is 10.5. The van der Waals surface area contributed by atoms with Gasteiger partial charge in [0.25, 0.3) is 0 Å². The molecule has 3 rings (SSSR count). The van der Waals surface area contributed by atoms with Crippen LogP contribution in [-0.2, 0) is 9.59 Å². The zero-order chi connectivity index (χ0) is 15.9. The van der Waals surface area contributed by atoms with Crippen LogP contribution in [0, 0.1) is 19.8 Å². The van der Waals surface area contributed by atoms with Gasteiger partial charge in [0.15, 0.2) is 0 Å². The van der Waals surface area contributed by atoms with Crippen molar-refractivity contribution < 1.29 is 9.59 Å². The molecule has 2 N–H and O–H groups in total. The van der Waals surface area contributed by atoms with Gasteiger partial charge >= 0.3 is 0 Å². The molecule has 0 aliphatic carbocycles. The number of halogens is 1. The van der Waals surface area contributed by atoms with E-state index in [1.807, 2.05) is 26.0 Å². The van der Waals surface area contributed by atoms with Crippen LogP contribution in [0.25, 0.3) is 0 Å². The van der Waals surface area contributed by atoms with Gasteiger partial charge in [-0.05, 0) is 49.9 Å². The number of anilines is 1. The molecule has 1 unspecified atom stereocenters. The first-order valence-electron chi connectivity index (χ1n) is 7.90. The molecule has 0 aromatic heterocycles. The number of nitrogens with two attached hydrogens (primary N) is 1. The van der Waals surface area contributed by atoms with Crippen molar-refractivity contribution in [1.29, 1.82) is 0 Å². The number of nitrogens with zero attached hydrogens (tertiary/aromatic N) is 2. The molecular weight excluding hydrogens is 314 g/mol. The highest BCUT2D eigenvalue weighted by Gasteiger charge is 2.41. The Kier molecular flexibility index (Phi) is 5.32. The van der Waals surface area contributed by atoms with Gasteiger partial charge in [-0.1, -0.05) is 6.07 Å². The van der Waals surface area contributed by atoms with Crippen molar-refractivity contribution in [2.75, 3.05) is 24.5 Å². The third-order valence-corrected chi connectivity index (χ3v) is 4.56. The summed E-state index contributed by atoms with van der Waals surface area (Å²) in [5.41, 5.74) is 9.01. The zero-order valence-corrected chi connectivity index (χ0v) is 14.4. The van der Waals surface area contributed by atoms with Crippen molar-refractivity contribution in [3.05, 3.63) is 29.3 Å². The number of likely N-dealkylation sites (tertiary alicyclic amines) is 1. The molecule has 5 nitrogen and oxygen atoms in total. The molecule has 1 aromatic rings. The zero-order valence-electron chi connectivity index (χ0n) is 13.6. The van der Waals surface area contributed by atoms with E-state index >= 15 is 0 Å². The highest BCUT2D eigenvalue weighted by atomic mass is 35.5. The van der Waals surface area contributed by atoms with Crippen LogP contribution in [0.1, 0.15) is 24.0 Å². The highest BCUT2D eigenvalue weighted by molar-refractivity contribution is 6.09. The molecule has 2 amide bonds. The van der Waals surface area contributed by atoms with E-state index in [-0.39, 0.29) is 30.3 Å². The third kappa shape index (κ3) is 3.51. The van der Waals surface area contributed by atoms with Gasteiger partial charge in [-0.2, -0.15) is 0 Å². The summed E-state index contributed by atoms with van der Waals surface area (Å²) in [5, 5.41) is 0. The number of rotatable bonds is 2. The van der Waals surface area contributed by atoms with E-state index in [0.717, 1.165) is 23.2 Å². The van der Waals surface area contributed by atoms with Crippen LogP contribution in [0.15, 0.2) is 18.2 Å². The minimum absolute atomic E-state index is 0. The van der Waals surface area contributed by atoms with Crippen molar-refractivity contribution in [2.24, 2.45) is 11.7 Å². The normalized spacial score (nSPS) is 24.0. The number of amides is 2. The Balaban J connectivity index is 0.00000192. The lowest BCUT2D eigenvalue weighted by atomic mass is 10.1. The molecule has 0 bridgehead atoms. The lowest BCUT2D eigenvalue weighted by Gasteiger charge is -2.21. The summed E-state index contributed by atoms with van der Waals surface area (Å²) >= 11 is 0. The van der Waals surface area contributed by atoms with Gasteiger partial charge in [-0.3, -0.25) is 9.59 Å². The Morgan fingerprint density at radius 2 is 1.78 bits per heavy atom. The summed E-state index contributed by atoms with van der Waals surface area (Å²) in [5.74, 6) is -0.661. The van der Waals surface area contributed by atoms with Gasteiger partial charge in [0.05, 0.1) is 0 Å². The number of hydrogen-bond donors (Lipinski definition) is 1. The first-order valence-corrected chi connectivity index (χ1v) is 7.90. The summed E-state index contributed by atoms with van der Waals surface area (Å²) in [6.45, 7) is 5.90. The second-order valence-electron chi connectivity index (χ2n) is 6.51. The summed E-state index contributed by atoms with van der Waals surface area (Å²) in [6, 6.07) is 6.14. The number of aryl methyl sites for hydroxylation is 2. The van der Waals surface area contributed by atoms with E-state index in [2.05, 4.69) is 6.07 Å². The summed E-state index contributed by atoms with van der Waals surface area (Å²) in [6.07, 6.45) is 1.42. The minimum atomic E-state index is -0.536. The Bertz CT molecular complexity index is 600. The second-order valence-corrected chi connectivity index (χ2v) is 6.51. The Morgan fingerprint density at radius 3 is 2.35 bits per heavy atom. The fourth-order valence-corrected chi connectivity index (χ4v) is 3.48. The summed E-state index contributed by atoms with van der Waals surface area (Å²) in [4.78, 5) is 28.7. The van der Waals surface area contributed by atoms with Gasteiger partial charge in [-0.15, -0.1) is 12.4 Å². The predicted octanol–water partition coefficient (Wildman–Crippen LogP) is 1.64. The van der Waals surface area contributed by atoms with Crippen molar-refractivity contribution in [3.8, 4) is 0 Å². The molecule has 2 fully saturated rings. The Morgan fingerprint density at radius 1 is 1.13 bits per heavy atom. The molecule has 2 heterocycles. The van der Waals surface area contributed by atoms with Gasteiger partial charge < -0.3 is 15.5 Å². The average molecular weight is 338 g/mol. The molecule has 0 spiro atoms. The minimum Gasteiger partial charge on any atom is -0.340 e. The van der Waals surface area contributed by atoms with Gasteiger partial charge in [0.1, 0.15) is 5.92 Å². The fourth-order valence-electron chi connectivity index (χ4n) is 3.48. The lowest BCUT2D eigenvalue weighted by Crippen LogP contribution is -2.40. The van der Waals surface area contributed by atoms with E-state index in [4.69, 9.17) is 5.73 Å². The van der Waals surface area contributed by atoms with Crippen molar-refractivity contribution in [3.63, 3.8) is 0 Å². The number of carbonyl (C=O) groups is 2. The van der Waals surface area contributed by atoms with E-state index in [0.29, 0.717) is 26.1 Å². The van der Waals surface area contributed by atoms with Crippen LogP contribution in [0.2, 0.25) is 0 Å². The van der Waals surface area contributed by atoms with E-state index in [1.54, 1.807) is 9.80 Å². The largest absolute Gasteiger partial charge is 0.340 e. The van der Waals surface area contributed by atoms with E-state index in [9.17, 15) is 9.59 Å². The van der Waals surface area contributed by atoms with Crippen LogP contribution < -0.4 is 10.6 Å². The number of hydrogen-bond acceptors (Lipinski definition) is 3. The van der Waals surface area contributed by atoms with Crippen LogP contribution in [-0.4, -0.2) is 42.4 Å². The first kappa shape index (κ1) is 17.8. The van der Waals surface area contributed by atoms with Crippen LogP contribution in [0.4, 0.5) is 5.69 Å². The van der Waals surface area contributed by atoms with Crippen LogP contribution in [0.3, 0.4) is 0 Å². The topological polar surface area (TPSA) is 66.6 Å². The maximum absolute atomic E-state index is 12.7. The maximum atomic E-state index is 12.7. The molecule has 1 aromatic carbocycles. The van der Waals surface area contributed by atoms with Crippen molar-refractivity contribution >= 4 is 29.9 Å². The SMILES string of the molecule is Cc1cc(C)cc(N2CCC(C(=O)N3CC[C@@H](N)C3)C2=O)c1.Cl. The predicted molar refractivity (Wildman–Crippen MR) is 92.8 cm³/mol. The quantitative estimate of drug-likeness (QED) is 0.834. The smallest absolute Gasteiger partial charge is 0.239 e. The average Bonchev–Trinajstić information content (AvgIpc) is 3.03. The lowest BCUT2D eigenvalue weighted by molar-refractivity contribution is -0.139. The third-order valence-electron chi connectivity index (χ3n) is 4.56. The maximum Gasteiger partial charge on any atom is 0.239 e. The molecule has 2 aliphatic heterocycles. The molecule has 2 atom stereocenters. The van der Waals surface area contributed by atoms with Gasteiger partial charge in [0, 0.05) is 31.4 Å². The molecule has 126 valence electrons. The molecule has 2 aliphatic rings. The van der Waals surface area contributed by atoms with Crippen molar-refractivity contribution in [2.45, 2.75) is 32.7 Å². The molecule has 6 heteroatoms. The summed E-state index contributed by atoms with van der Waals surface area (Å²) in [7, 11) is 0. The van der Waals surface area contributed by atoms with Gasteiger partial charge in [0.2, 0.25) is 11.8 Å². The number of benzene rings is 1. The van der Waals surface area contributed by atoms with E-state index < -0.39 is 5.92 Å². The summed E-state index contributed by atoms with van der Waals surface area (Å²) < 4.78 is 0.